The van der Waals surface area contributed by atoms with Crippen LogP contribution >= 0.6 is 11.6 Å². The monoisotopic (exact) mass is 214 g/mol. The molecule has 8 heteroatoms. The Hall–Kier alpha value is -0.460. The summed E-state index contributed by atoms with van der Waals surface area (Å²) in [6.45, 7) is 0. The second kappa shape index (κ2) is 3.12. The van der Waals surface area contributed by atoms with Gasteiger partial charge in [-0.15, -0.1) is 0 Å². The van der Waals surface area contributed by atoms with E-state index in [0.717, 1.165) is 0 Å². The molecule has 1 atom stereocenters. The lowest BCUT2D eigenvalue weighted by Gasteiger charge is -2.22. The molecule has 0 spiro atoms. The van der Waals surface area contributed by atoms with Crippen molar-refractivity contribution in [2.45, 2.75) is 18.3 Å². The minimum absolute atomic E-state index is 2.77. The molecule has 0 aliphatic heterocycles. The molecular weight excluding hydrogens is 213 g/mol. The summed E-state index contributed by atoms with van der Waals surface area (Å²) in [4.78, 5) is 9.74. The molecule has 0 aromatic heterocycles. The minimum atomic E-state index is -6.00. The molecule has 1 unspecified atom stereocenters. The molecule has 12 heavy (non-hydrogen) atoms. The Kier molecular flexibility index (Phi) is 3.00. The van der Waals surface area contributed by atoms with Crippen molar-refractivity contribution in [2.24, 2.45) is 0 Å². The summed E-state index contributed by atoms with van der Waals surface area (Å²) in [6, 6.07) is 0. The SMILES string of the molecule is O=C(Cl)C(F)(C(F)F)C(F)(F)F. The van der Waals surface area contributed by atoms with Gasteiger partial charge in [-0.2, -0.15) is 13.2 Å². The summed E-state index contributed by atoms with van der Waals surface area (Å²) >= 11 is 4.05. The number of alkyl halides is 6. The fraction of sp³-hybridized carbons (Fsp3) is 0.750. The summed E-state index contributed by atoms with van der Waals surface area (Å²) in [5.41, 5.74) is -5.27. The van der Waals surface area contributed by atoms with E-state index in [0.29, 0.717) is 0 Å². The molecule has 0 aliphatic carbocycles. The maximum Gasteiger partial charge on any atom is 0.436 e. The van der Waals surface area contributed by atoms with Gasteiger partial charge in [-0.3, -0.25) is 4.79 Å². The summed E-state index contributed by atoms with van der Waals surface area (Å²) in [5, 5.41) is -2.77. The van der Waals surface area contributed by atoms with Crippen LogP contribution in [0.15, 0.2) is 0 Å². The zero-order valence-corrected chi connectivity index (χ0v) is 5.89. The first-order chi connectivity index (χ1) is 5.14. The number of hydrogen-bond acceptors (Lipinski definition) is 1. The van der Waals surface area contributed by atoms with E-state index in [9.17, 15) is 31.1 Å². The highest BCUT2D eigenvalue weighted by Gasteiger charge is 2.67. The van der Waals surface area contributed by atoms with E-state index in [2.05, 4.69) is 11.6 Å². The van der Waals surface area contributed by atoms with Crippen LogP contribution in [0.5, 0.6) is 0 Å². The maximum atomic E-state index is 12.2. The zero-order chi connectivity index (χ0) is 10.2. The van der Waals surface area contributed by atoms with Gasteiger partial charge < -0.3 is 0 Å². The van der Waals surface area contributed by atoms with Gasteiger partial charge in [0.25, 0.3) is 11.7 Å². The van der Waals surface area contributed by atoms with Crippen LogP contribution in [0.3, 0.4) is 0 Å². The van der Waals surface area contributed by atoms with Gasteiger partial charge >= 0.3 is 11.8 Å². The Morgan fingerprint density at radius 1 is 1.17 bits per heavy atom. The van der Waals surface area contributed by atoms with Crippen molar-refractivity contribution < 1.29 is 31.1 Å². The smallest absolute Gasteiger partial charge is 0.277 e. The van der Waals surface area contributed by atoms with E-state index >= 15 is 0 Å². The van der Waals surface area contributed by atoms with Crippen molar-refractivity contribution in [1.29, 1.82) is 0 Å². The molecule has 0 bridgehead atoms. The van der Waals surface area contributed by atoms with Crippen LogP contribution in [0.1, 0.15) is 0 Å². The Bertz CT molecular complexity index is 188. The predicted octanol–water partition coefficient (Wildman–Crippen LogP) is 2.29. The molecule has 0 aromatic carbocycles. The predicted molar refractivity (Wildman–Crippen MR) is 26.8 cm³/mol. The van der Waals surface area contributed by atoms with Crippen molar-refractivity contribution in [1.82, 2.24) is 0 Å². The molecule has 0 saturated heterocycles. The molecule has 0 fully saturated rings. The third-order valence-corrected chi connectivity index (χ3v) is 1.27. The van der Waals surface area contributed by atoms with Gasteiger partial charge in [0.2, 0.25) is 0 Å². The highest BCUT2D eigenvalue weighted by molar-refractivity contribution is 6.65. The number of hydrogen-bond donors (Lipinski definition) is 0. The van der Waals surface area contributed by atoms with Crippen LogP contribution in [-0.2, 0) is 4.79 Å². The van der Waals surface area contributed by atoms with E-state index in [1.807, 2.05) is 0 Å². The molecular formula is C4HClF6O. The molecule has 0 rings (SSSR count). The lowest BCUT2D eigenvalue weighted by molar-refractivity contribution is -0.253. The van der Waals surface area contributed by atoms with Crippen molar-refractivity contribution >= 4 is 16.8 Å². The van der Waals surface area contributed by atoms with E-state index in [4.69, 9.17) is 0 Å². The number of halogens is 7. The molecule has 0 saturated carbocycles. The van der Waals surface area contributed by atoms with Gasteiger partial charge in [-0.1, -0.05) is 0 Å². The number of carbonyl (C=O) groups excluding carboxylic acids is 1. The zero-order valence-electron chi connectivity index (χ0n) is 5.13. The summed E-state index contributed by atoms with van der Waals surface area (Å²) < 4.78 is 69.4. The van der Waals surface area contributed by atoms with Crippen LogP contribution in [0.25, 0.3) is 0 Å². The number of carbonyl (C=O) groups is 1. The van der Waals surface area contributed by atoms with Gasteiger partial charge in [-0.25, -0.2) is 13.2 Å². The van der Waals surface area contributed by atoms with Crippen LogP contribution in [0.2, 0.25) is 0 Å². The molecule has 0 aliphatic rings. The van der Waals surface area contributed by atoms with Gasteiger partial charge in [-0.05, 0) is 11.6 Å². The van der Waals surface area contributed by atoms with Crippen molar-refractivity contribution in [2.75, 3.05) is 0 Å². The quantitative estimate of drug-likeness (QED) is 0.509. The van der Waals surface area contributed by atoms with Crippen molar-refractivity contribution in [3.63, 3.8) is 0 Å². The van der Waals surface area contributed by atoms with Crippen LogP contribution in [0, 0.1) is 0 Å². The van der Waals surface area contributed by atoms with Gasteiger partial charge in [0, 0.05) is 0 Å². The minimum Gasteiger partial charge on any atom is -0.277 e. The summed E-state index contributed by atoms with van der Waals surface area (Å²) in [7, 11) is 0. The first kappa shape index (κ1) is 11.5. The fourth-order valence-corrected chi connectivity index (χ4v) is 0.511. The Morgan fingerprint density at radius 3 is 1.50 bits per heavy atom. The molecule has 0 amide bonds. The second-order valence-corrected chi connectivity index (χ2v) is 2.13. The average molecular weight is 214 g/mol. The molecule has 72 valence electrons. The van der Waals surface area contributed by atoms with Gasteiger partial charge in [0.05, 0.1) is 0 Å². The highest BCUT2D eigenvalue weighted by atomic mass is 35.5. The lowest BCUT2D eigenvalue weighted by Crippen LogP contribution is -2.52. The molecule has 0 aromatic rings. The first-order valence-electron chi connectivity index (χ1n) is 2.37. The maximum absolute atomic E-state index is 12.2. The number of rotatable bonds is 2. The summed E-state index contributed by atoms with van der Waals surface area (Å²) in [5.74, 6) is 0. The average Bonchev–Trinajstić information content (AvgIpc) is 1.82. The topological polar surface area (TPSA) is 17.1 Å². The van der Waals surface area contributed by atoms with Gasteiger partial charge in [0.1, 0.15) is 0 Å². The third-order valence-electron chi connectivity index (χ3n) is 0.999. The molecule has 1 nitrogen and oxygen atoms in total. The largest absolute Gasteiger partial charge is 0.436 e. The van der Waals surface area contributed by atoms with Gasteiger partial charge in [0.15, 0.2) is 0 Å². The van der Waals surface area contributed by atoms with Crippen molar-refractivity contribution in [3.05, 3.63) is 0 Å². The Morgan fingerprint density at radius 2 is 1.50 bits per heavy atom. The van der Waals surface area contributed by atoms with Crippen LogP contribution < -0.4 is 0 Å². The van der Waals surface area contributed by atoms with E-state index in [-0.39, 0.29) is 0 Å². The first-order valence-corrected chi connectivity index (χ1v) is 2.75. The molecule has 0 radical (unpaired) electrons. The standard InChI is InChI=1S/C4HClF6O/c5-1(12)3(8,2(6)7)4(9,10)11/h2H. The Balaban J connectivity index is 5.02. The molecule has 0 heterocycles. The highest BCUT2D eigenvalue weighted by Crippen LogP contribution is 2.40. The third kappa shape index (κ3) is 1.65. The normalized spacial score (nSPS) is 17.7. The molecule has 0 N–H and O–H groups in total. The van der Waals surface area contributed by atoms with Crippen LogP contribution in [-0.4, -0.2) is 23.5 Å². The fourth-order valence-electron chi connectivity index (χ4n) is 0.321. The van der Waals surface area contributed by atoms with Crippen molar-refractivity contribution in [3.8, 4) is 0 Å². The van der Waals surface area contributed by atoms with Crippen LogP contribution in [0.4, 0.5) is 26.3 Å². The van der Waals surface area contributed by atoms with E-state index in [1.165, 1.54) is 0 Å². The van der Waals surface area contributed by atoms with E-state index < -0.39 is 23.5 Å². The summed E-state index contributed by atoms with van der Waals surface area (Å²) in [6.07, 6.45) is -10.5. The Labute approximate surface area is 67.3 Å². The lowest BCUT2D eigenvalue weighted by atomic mass is 10.1. The second-order valence-electron chi connectivity index (χ2n) is 1.78. The van der Waals surface area contributed by atoms with E-state index in [1.54, 1.807) is 0 Å².